The summed E-state index contributed by atoms with van der Waals surface area (Å²) in [6.45, 7) is 2.61. The molecule has 0 radical (unpaired) electrons. The fourth-order valence-electron chi connectivity index (χ4n) is 4.18. The van der Waals surface area contributed by atoms with Gasteiger partial charge >= 0.3 is 5.92 Å². The zero-order valence-electron chi connectivity index (χ0n) is 19.4. The van der Waals surface area contributed by atoms with E-state index < -0.39 is 46.8 Å². The van der Waals surface area contributed by atoms with Crippen LogP contribution < -0.4 is 5.32 Å². The van der Waals surface area contributed by atoms with Gasteiger partial charge in [-0.05, 0) is 26.8 Å². The first-order chi connectivity index (χ1) is 16.5. The summed E-state index contributed by atoms with van der Waals surface area (Å²) < 4.78 is 66.6. The van der Waals surface area contributed by atoms with E-state index in [9.17, 15) is 9.18 Å². The maximum absolute atomic E-state index is 15.7. The van der Waals surface area contributed by atoms with Crippen LogP contribution in [0.3, 0.4) is 0 Å². The zero-order valence-corrected chi connectivity index (χ0v) is 19.4. The average molecular weight is 484 g/mol. The summed E-state index contributed by atoms with van der Waals surface area (Å²) in [5, 5.41) is 2.20. The first-order valence-electron chi connectivity index (χ1n) is 11.0. The molecule has 1 atom stereocenters. The smallest absolute Gasteiger partial charge is 0.302 e. The van der Waals surface area contributed by atoms with E-state index in [0.717, 1.165) is 26.8 Å². The average Bonchev–Trinajstić information content (AvgIpc) is 2.88. The summed E-state index contributed by atoms with van der Waals surface area (Å²) in [5.74, 6) is -6.88. The number of halogens is 4. The van der Waals surface area contributed by atoms with Crippen LogP contribution >= 0.6 is 0 Å². The van der Waals surface area contributed by atoms with E-state index >= 15 is 13.2 Å². The Morgan fingerprint density at radius 1 is 0.886 bits per heavy atom. The molecule has 0 saturated carbocycles. The summed E-state index contributed by atoms with van der Waals surface area (Å²) in [7, 11) is 0. The summed E-state index contributed by atoms with van der Waals surface area (Å²) in [4.78, 5) is 16.7. The molecule has 0 aliphatic carbocycles. The number of carbonyl (C=O) groups excluding carboxylic acids is 1. The number of hydrogen-bond donors (Lipinski definition) is 1. The molecule has 1 fully saturated rings. The minimum Gasteiger partial charge on any atom is -0.359 e. The molecular formula is C27H24F4N2O2. The maximum atomic E-state index is 15.7. The van der Waals surface area contributed by atoms with Gasteiger partial charge < -0.3 is 10.1 Å². The molecule has 1 aliphatic heterocycles. The molecule has 1 saturated heterocycles. The van der Waals surface area contributed by atoms with E-state index in [2.05, 4.69) is 10.3 Å². The number of alkyl halides is 2. The molecule has 0 spiro atoms. The van der Waals surface area contributed by atoms with Crippen LogP contribution in [0, 0.1) is 11.6 Å². The quantitative estimate of drug-likeness (QED) is 0.370. The van der Waals surface area contributed by atoms with Crippen LogP contribution in [-0.2, 0) is 15.1 Å². The monoisotopic (exact) mass is 484 g/mol. The van der Waals surface area contributed by atoms with E-state index in [1.807, 2.05) is 12.1 Å². The largest absolute Gasteiger partial charge is 0.359 e. The molecule has 3 aromatic rings. The van der Waals surface area contributed by atoms with Crippen molar-refractivity contribution in [2.24, 2.45) is 4.99 Å². The minimum absolute atomic E-state index is 0.349. The number of nitrogens with zero attached hydrogens (tertiary/aromatic N) is 1. The van der Waals surface area contributed by atoms with Gasteiger partial charge in [-0.25, -0.2) is 22.6 Å². The third kappa shape index (κ3) is 4.34. The van der Waals surface area contributed by atoms with Crippen molar-refractivity contribution in [1.82, 2.24) is 5.32 Å². The van der Waals surface area contributed by atoms with Gasteiger partial charge in [-0.1, -0.05) is 60.7 Å². The van der Waals surface area contributed by atoms with Gasteiger partial charge in [0.05, 0.1) is 11.4 Å². The van der Waals surface area contributed by atoms with Crippen LogP contribution in [0.1, 0.15) is 37.5 Å². The minimum atomic E-state index is -3.77. The number of amides is 1. The van der Waals surface area contributed by atoms with E-state index in [1.54, 1.807) is 48.5 Å². The molecule has 0 unspecified atom stereocenters. The van der Waals surface area contributed by atoms with Crippen LogP contribution in [0.4, 0.5) is 23.2 Å². The number of carbonyl (C=O) groups is 1. The third-order valence-corrected chi connectivity index (χ3v) is 6.24. The lowest BCUT2D eigenvalue weighted by Crippen LogP contribution is -2.62. The third-order valence-electron chi connectivity index (χ3n) is 6.24. The molecule has 1 amide bonds. The fourth-order valence-corrected chi connectivity index (χ4v) is 4.18. The molecule has 1 heterocycles. The SMILES string of the molecule is CC1(C)OCC(=O)N[C@](C)(c2cc(N=C(c3ccccc3)c3ccccc3)c(F)cc2F)C1(F)F. The summed E-state index contributed by atoms with van der Waals surface area (Å²) in [6.07, 6.45) is 0. The molecule has 8 heteroatoms. The van der Waals surface area contributed by atoms with Gasteiger partial charge in [-0.3, -0.25) is 4.79 Å². The number of hydrogen-bond acceptors (Lipinski definition) is 3. The molecule has 3 aromatic carbocycles. The van der Waals surface area contributed by atoms with Crippen molar-refractivity contribution < 1.29 is 27.1 Å². The molecule has 4 nitrogen and oxygen atoms in total. The zero-order chi connectivity index (χ0) is 25.4. The number of nitrogens with one attached hydrogen (secondary N) is 1. The summed E-state index contributed by atoms with van der Waals surface area (Å²) in [5.41, 5.74) is -3.94. The predicted octanol–water partition coefficient (Wildman–Crippen LogP) is 5.91. The van der Waals surface area contributed by atoms with Gasteiger partial charge in [0.1, 0.15) is 23.6 Å². The standard InChI is InChI=1S/C27H24F4N2O2/c1-25(2)27(30,31)26(3,33-23(34)16-35-25)19-14-22(21(29)15-20(19)28)32-24(17-10-6-4-7-11-17)18-12-8-5-9-13-18/h4-15H,16H2,1-3H3,(H,33,34)/t26-/m1/s1. The second-order valence-electron chi connectivity index (χ2n) is 9.02. The highest BCUT2D eigenvalue weighted by Crippen LogP contribution is 2.48. The maximum Gasteiger partial charge on any atom is 0.302 e. The Hall–Kier alpha value is -3.52. The number of ether oxygens (including phenoxy) is 1. The van der Waals surface area contributed by atoms with Crippen molar-refractivity contribution >= 4 is 17.3 Å². The Labute approximate surface area is 200 Å². The van der Waals surface area contributed by atoms with Crippen molar-refractivity contribution in [1.29, 1.82) is 0 Å². The van der Waals surface area contributed by atoms with Crippen LogP contribution in [0.5, 0.6) is 0 Å². The van der Waals surface area contributed by atoms with Crippen molar-refractivity contribution in [2.45, 2.75) is 37.8 Å². The van der Waals surface area contributed by atoms with Gasteiger partial charge in [0.2, 0.25) is 5.91 Å². The lowest BCUT2D eigenvalue weighted by atomic mass is 9.77. The van der Waals surface area contributed by atoms with Crippen LogP contribution in [0.15, 0.2) is 77.8 Å². The van der Waals surface area contributed by atoms with Crippen LogP contribution in [-0.4, -0.2) is 29.7 Å². The Balaban J connectivity index is 1.94. The first-order valence-corrected chi connectivity index (χ1v) is 11.0. The molecule has 4 rings (SSSR count). The highest BCUT2D eigenvalue weighted by atomic mass is 19.3. The number of aliphatic imine (C=N–C) groups is 1. The van der Waals surface area contributed by atoms with Gasteiger partial charge in [-0.2, -0.15) is 0 Å². The second-order valence-corrected chi connectivity index (χ2v) is 9.02. The molecule has 1 aliphatic rings. The second kappa shape index (κ2) is 8.92. The van der Waals surface area contributed by atoms with Gasteiger partial charge in [0.15, 0.2) is 5.82 Å². The predicted molar refractivity (Wildman–Crippen MR) is 125 cm³/mol. The Bertz CT molecular complexity index is 1240. The molecular weight excluding hydrogens is 460 g/mol. The Kier molecular flexibility index (Phi) is 6.27. The summed E-state index contributed by atoms with van der Waals surface area (Å²) >= 11 is 0. The normalized spacial score (nSPS) is 21.1. The Morgan fingerprint density at radius 3 is 1.97 bits per heavy atom. The molecule has 182 valence electrons. The number of rotatable bonds is 4. The van der Waals surface area contributed by atoms with Crippen LogP contribution in [0.25, 0.3) is 0 Å². The van der Waals surface area contributed by atoms with Gasteiger partial charge in [0, 0.05) is 22.8 Å². The topological polar surface area (TPSA) is 50.7 Å². The molecule has 1 N–H and O–H groups in total. The van der Waals surface area contributed by atoms with Crippen molar-refractivity contribution in [3.8, 4) is 0 Å². The first kappa shape index (κ1) is 24.6. The highest BCUT2D eigenvalue weighted by molar-refractivity contribution is 6.13. The molecule has 0 aromatic heterocycles. The van der Waals surface area contributed by atoms with E-state index in [-0.39, 0.29) is 5.69 Å². The lowest BCUT2D eigenvalue weighted by molar-refractivity contribution is -0.216. The number of benzene rings is 3. The van der Waals surface area contributed by atoms with E-state index in [1.165, 1.54) is 0 Å². The van der Waals surface area contributed by atoms with Gasteiger partial charge in [-0.15, -0.1) is 0 Å². The van der Waals surface area contributed by atoms with Crippen molar-refractivity contribution in [3.05, 3.63) is 101 Å². The van der Waals surface area contributed by atoms with E-state index in [4.69, 9.17) is 4.74 Å². The lowest BCUT2D eigenvalue weighted by Gasteiger charge is -2.43. The van der Waals surface area contributed by atoms with Crippen molar-refractivity contribution in [3.63, 3.8) is 0 Å². The van der Waals surface area contributed by atoms with Gasteiger partial charge in [0.25, 0.3) is 0 Å². The Morgan fingerprint density at radius 2 is 1.43 bits per heavy atom. The fraction of sp³-hybridized carbons (Fsp3) is 0.259. The molecule has 35 heavy (non-hydrogen) atoms. The van der Waals surface area contributed by atoms with Crippen molar-refractivity contribution in [2.75, 3.05) is 6.61 Å². The molecule has 0 bridgehead atoms. The summed E-state index contributed by atoms with van der Waals surface area (Å²) in [6, 6.07) is 19.3. The van der Waals surface area contributed by atoms with E-state index in [0.29, 0.717) is 22.9 Å². The van der Waals surface area contributed by atoms with Crippen LogP contribution in [0.2, 0.25) is 0 Å². The highest BCUT2D eigenvalue weighted by Gasteiger charge is 2.64.